The zero-order valence-corrected chi connectivity index (χ0v) is 19.6. The maximum absolute atomic E-state index is 13.4. The van der Waals surface area contributed by atoms with E-state index in [0.717, 1.165) is 11.3 Å². The van der Waals surface area contributed by atoms with Crippen molar-refractivity contribution >= 4 is 17.6 Å². The minimum atomic E-state index is -0.383. The van der Waals surface area contributed by atoms with E-state index >= 15 is 0 Å². The van der Waals surface area contributed by atoms with E-state index in [4.69, 9.17) is 25.8 Å². The Morgan fingerprint density at radius 2 is 2.03 bits per heavy atom. The summed E-state index contributed by atoms with van der Waals surface area (Å²) in [6, 6.07) is 9.75. The molecule has 33 heavy (non-hydrogen) atoms. The van der Waals surface area contributed by atoms with Gasteiger partial charge in [0.05, 0.1) is 32.8 Å². The van der Waals surface area contributed by atoms with E-state index in [1.54, 1.807) is 29.1 Å². The Morgan fingerprint density at radius 3 is 2.76 bits per heavy atom. The van der Waals surface area contributed by atoms with E-state index in [0.29, 0.717) is 48.3 Å². The largest absolute Gasteiger partial charge is 0.477 e. The van der Waals surface area contributed by atoms with Gasteiger partial charge in [0, 0.05) is 28.5 Å². The molecule has 9 heteroatoms. The SMILES string of the molecule is COC(=O)Cc1cccnc1OCCCc1cc(OC(C)C)nn1Cc1ccc(F)cc1Cl. The number of esters is 1. The number of carbonyl (C=O) groups is 1. The number of pyridine rings is 1. The molecule has 0 spiro atoms. The lowest BCUT2D eigenvalue weighted by molar-refractivity contribution is -0.139. The molecule has 0 N–H and O–H groups in total. The summed E-state index contributed by atoms with van der Waals surface area (Å²) in [7, 11) is 1.35. The van der Waals surface area contributed by atoms with Gasteiger partial charge in [0.1, 0.15) is 5.82 Å². The topological polar surface area (TPSA) is 75.5 Å². The van der Waals surface area contributed by atoms with Crippen molar-refractivity contribution in [2.75, 3.05) is 13.7 Å². The van der Waals surface area contributed by atoms with Gasteiger partial charge in [0.25, 0.3) is 0 Å². The van der Waals surface area contributed by atoms with Crippen LogP contribution < -0.4 is 9.47 Å². The number of carbonyl (C=O) groups excluding carboxylic acids is 1. The van der Waals surface area contributed by atoms with Crippen LogP contribution in [0.5, 0.6) is 11.8 Å². The van der Waals surface area contributed by atoms with E-state index in [1.807, 2.05) is 19.9 Å². The van der Waals surface area contributed by atoms with Crippen molar-refractivity contribution in [1.29, 1.82) is 0 Å². The molecule has 3 rings (SSSR count). The molecule has 0 radical (unpaired) electrons. The predicted molar refractivity (Wildman–Crippen MR) is 122 cm³/mol. The van der Waals surface area contributed by atoms with Gasteiger partial charge < -0.3 is 14.2 Å². The van der Waals surface area contributed by atoms with Crippen molar-refractivity contribution in [3.8, 4) is 11.8 Å². The van der Waals surface area contributed by atoms with Crippen LogP contribution in [-0.4, -0.2) is 40.6 Å². The number of benzene rings is 1. The van der Waals surface area contributed by atoms with Crippen molar-refractivity contribution in [3.05, 3.63) is 70.3 Å². The van der Waals surface area contributed by atoms with E-state index in [9.17, 15) is 9.18 Å². The minimum absolute atomic E-state index is 0.0173. The van der Waals surface area contributed by atoms with Crippen LogP contribution in [0.3, 0.4) is 0 Å². The van der Waals surface area contributed by atoms with Crippen molar-refractivity contribution in [2.24, 2.45) is 0 Å². The summed E-state index contributed by atoms with van der Waals surface area (Å²) in [4.78, 5) is 15.8. The zero-order valence-electron chi connectivity index (χ0n) is 18.9. The Morgan fingerprint density at radius 1 is 1.21 bits per heavy atom. The van der Waals surface area contributed by atoms with Crippen molar-refractivity contribution < 1.29 is 23.4 Å². The second kappa shape index (κ2) is 11.7. The highest BCUT2D eigenvalue weighted by Gasteiger charge is 2.14. The third-order valence-corrected chi connectivity index (χ3v) is 5.11. The monoisotopic (exact) mass is 475 g/mol. The fraction of sp³-hybridized carbons (Fsp3) is 0.375. The summed E-state index contributed by atoms with van der Waals surface area (Å²) in [6.07, 6.45) is 3.04. The minimum Gasteiger partial charge on any atom is -0.477 e. The number of hydrogen-bond acceptors (Lipinski definition) is 6. The average Bonchev–Trinajstić information content (AvgIpc) is 3.14. The first-order valence-electron chi connectivity index (χ1n) is 10.7. The van der Waals surface area contributed by atoms with Crippen LogP contribution in [0.25, 0.3) is 0 Å². The van der Waals surface area contributed by atoms with Crippen LogP contribution in [0.15, 0.2) is 42.6 Å². The Labute approximate surface area is 197 Å². The number of methoxy groups -OCH3 is 1. The third kappa shape index (κ3) is 7.18. The van der Waals surface area contributed by atoms with Crippen LogP contribution in [0.4, 0.5) is 4.39 Å². The van der Waals surface area contributed by atoms with Gasteiger partial charge in [0.2, 0.25) is 11.8 Å². The van der Waals surface area contributed by atoms with E-state index in [-0.39, 0.29) is 24.3 Å². The molecule has 0 saturated carbocycles. The first kappa shape index (κ1) is 24.5. The first-order chi connectivity index (χ1) is 15.9. The molecule has 0 bridgehead atoms. The van der Waals surface area contributed by atoms with Crippen LogP contribution in [0.1, 0.15) is 37.1 Å². The molecule has 0 aliphatic carbocycles. The molecule has 0 amide bonds. The van der Waals surface area contributed by atoms with Crippen molar-refractivity contribution in [3.63, 3.8) is 0 Å². The van der Waals surface area contributed by atoms with Gasteiger partial charge in [0.15, 0.2) is 0 Å². The Balaban J connectivity index is 1.66. The Bertz CT molecular complexity index is 1090. The summed E-state index contributed by atoms with van der Waals surface area (Å²) in [5, 5.41) is 4.89. The molecule has 2 heterocycles. The van der Waals surface area contributed by atoms with Gasteiger partial charge in [-0.3, -0.25) is 9.48 Å². The van der Waals surface area contributed by atoms with E-state index in [1.165, 1.54) is 19.2 Å². The number of hydrogen-bond donors (Lipinski definition) is 0. The van der Waals surface area contributed by atoms with Crippen LogP contribution >= 0.6 is 11.6 Å². The summed E-state index contributed by atoms with van der Waals surface area (Å²) in [5.41, 5.74) is 2.37. The first-order valence-corrected chi connectivity index (χ1v) is 11.0. The normalized spacial score (nSPS) is 11.0. The number of ether oxygens (including phenoxy) is 3. The third-order valence-electron chi connectivity index (χ3n) is 4.76. The molecule has 7 nitrogen and oxygen atoms in total. The molecule has 0 aliphatic rings. The molecule has 0 atom stereocenters. The molecular weight excluding hydrogens is 449 g/mol. The molecule has 1 aromatic carbocycles. The second-order valence-corrected chi connectivity index (χ2v) is 8.11. The average molecular weight is 476 g/mol. The van der Waals surface area contributed by atoms with Gasteiger partial charge in [-0.05, 0) is 50.5 Å². The number of nitrogens with zero attached hydrogens (tertiary/aromatic N) is 3. The van der Waals surface area contributed by atoms with Gasteiger partial charge in [-0.25, -0.2) is 9.37 Å². The molecule has 0 unspecified atom stereocenters. The van der Waals surface area contributed by atoms with Gasteiger partial charge in [-0.1, -0.05) is 23.7 Å². The number of aromatic nitrogens is 3. The lowest BCUT2D eigenvalue weighted by Crippen LogP contribution is -2.11. The fourth-order valence-electron chi connectivity index (χ4n) is 3.22. The zero-order chi connectivity index (χ0) is 23.8. The summed E-state index contributed by atoms with van der Waals surface area (Å²) >= 11 is 6.21. The highest BCUT2D eigenvalue weighted by atomic mass is 35.5. The Kier molecular flexibility index (Phi) is 8.65. The molecule has 0 aliphatic heterocycles. The fourth-order valence-corrected chi connectivity index (χ4v) is 3.44. The highest BCUT2D eigenvalue weighted by molar-refractivity contribution is 6.31. The Hall–Kier alpha value is -3.13. The van der Waals surface area contributed by atoms with Gasteiger partial charge in [-0.15, -0.1) is 5.10 Å². The lowest BCUT2D eigenvalue weighted by Gasteiger charge is -2.11. The molecule has 176 valence electrons. The second-order valence-electron chi connectivity index (χ2n) is 7.71. The quantitative estimate of drug-likeness (QED) is 0.297. The maximum Gasteiger partial charge on any atom is 0.310 e. The van der Waals surface area contributed by atoms with E-state index < -0.39 is 0 Å². The highest BCUT2D eigenvalue weighted by Crippen LogP contribution is 2.22. The summed E-state index contributed by atoms with van der Waals surface area (Å²) in [5.74, 6) is 0.197. The molecule has 0 fully saturated rings. The molecule has 3 aromatic rings. The summed E-state index contributed by atoms with van der Waals surface area (Å²) in [6.45, 7) is 4.65. The van der Waals surface area contributed by atoms with Crippen LogP contribution in [0.2, 0.25) is 5.02 Å². The summed E-state index contributed by atoms with van der Waals surface area (Å²) < 4.78 is 31.5. The molecule has 2 aromatic heterocycles. The van der Waals surface area contributed by atoms with E-state index in [2.05, 4.69) is 10.1 Å². The molecular formula is C24H27ClFN3O4. The van der Waals surface area contributed by atoms with Gasteiger partial charge in [-0.2, -0.15) is 0 Å². The number of halogens is 2. The van der Waals surface area contributed by atoms with Gasteiger partial charge >= 0.3 is 5.97 Å². The van der Waals surface area contributed by atoms with Crippen LogP contribution in [0, 0.1) is 5.82 Å². The maximum atomic E-state index is 13.4. The van der Waals surface area contributed by atoms with Crippen molar-refractivity contribution in [1.82, 2.24) is 14.8 Å². The van der Waals surface area contributed by atoms with Crippen LogP contribution in [-0.2, 0) is 28.9 Å². The molecule has 0 saturated heterocycles. The smallest absolute Gasteiger partial charge is 0.310 e. The number of rotatable bonds is 11. The number of aryl methyl sites for hydroxylation is 1. The predicted octanol–water partition coefficient (Wildman–Crippen LogP) is 4.63. The standard InChI is InChI=1S/C24H27ClFN3O4/c1-16(2)33-22-14-20(29(28-22)15-18-8-9-19(26)13-21(18)25)7-5-11-32-24-17(6-4-10-27-24)12-23(30)31-3/h4,6,8-10,13-14,16H,5,7,11-12,15H2,1-3H3. The lowest BCUT2D eigenvalue weighted by atomic mass is 10.2. The van der Waals surface area contributed by atoms with Crippen molar-refractivity contribution in [2.45, 2.75) is 45.8 Å².